The summed E-state index contributed by atoms with van der Waals surface area (Å²) in [6, 6.07) is 5.81. The molecule has 0 unspecified atom stereocenters. The number of aryl methyl sites for hydroxylation is 1. The number of nitrogens with one attached hydrogen (secondary N) is 1. The van der Waals surface area contributed by atoms with E-state index in [1.165, 1.54) is 12.5 Å². The molecule has 0 spiro atoms. The molecule has 1 aliphatic rings. The third-order valence-corrected chi connectivity index (χ3v) is 6.64. The summed E-state index contributed by atoms with van der Waals surface area (Å²) in [5.41, 5.74) is 1.50. The highest BCUT2D eigenvalue weighted by molar-refractivity contribution is 7.15. The first kappa shape index (κ1) is 18.9. The van der Waals surface area contributed by atoms with Crippen molar-refractivity contribution in [3.05, 3.63) is 51.6 Å². The second kappa shape index (κ2) is 8.28. The fraction of sp³-hybridized carbons (Fsp3) is 0.350. The summed E-state index contributed by atoms with van der Waals surface area (Å²) in [6.07, 6.45) is 4.83. The Kier molecular flexibility index (Phi) is 5.59. The first-order chi connectivity index (χ1) is 13.6. The van der Waals surface area contributed by atoms with Gasteiger partial charge in [-0.1, -0.05) is 6.07 Å². The summed E-state index contributed by atoms with van der Waals surface area (Å²) in [7, 11) is 0. The Labute approximate surface area is 171 Å². The molecule has 0 bridgehead atoms. The number of thiazole rings is 1. The maximum Gasteiger partial charge on any atom is 0.257 e. The largest absolute Gasteiger partial charge is 0.472 e. The molecule has 8 heteroatoms. The molecular formula is C20H21N3O3S2. The fourth-order valence-electron chi connectivity index (χ4n) is 3.42. The van der Waals surface area contributed by atoms with Gasteiger partial charge in [0.1, 0.15) is 6.26 Å². The molecule has 4 rings (SSSR count). The number of rotatable bonds is 5. The molecule has 2 amide bonds. The average molecular weight is 416 g/mol. The molecule has 1 N–H and O–H groups in total. The van der Waals surface area contributed by atoms with Gasteiger partial charge in [-0.3, -0.25) is 9.59 Å². The van der Waals surface area contributed by atoms with Gasteiger partial charge < -0.3 is 14.6 Å². The van der Waals surface area contributed by atoms with Crippen molar-refractivity contribution < 1.29 is 14.0 Å². The van der Waals surface area contributed by atoms with Crippen molar-refractivity contribution in [2.45, 2.75) is 32.2 Å². The predicted molar refractivity (Wildman–Crippen MR) is 110 cm³/mol. The lowest BCUT2D eigenvalue weighted by atomic mass is 10.0. The Morgan fingerprint density at radius 1 is 1.32 bits per heavy atom. The first-order valence-electron chi connectivity index (χ1n) is 9.21. The van der Waals surface area contributed by atoms with Crippen molar-refractivity contribution in [3.63, 3.8) is 0 Å². The highest BCUT2D eigenvalue weighted by Gasteiger charge is 2.25. The molecule has 0 aromatic carbocycles. The topological polar surface area (TPSA) is 75.4 Å². The lowest BCUT2D eigenvalue weighted by molar-refractivity contribution is -0.121. The second-order valence-electron chi connectivity index (χ2n) is 6.80. The Morgan fingerprint density at radius 3 is 2.82 bits per heavy atom. The van der Waals surface area contributed by atoms with E-state index in [4.69, 9.17) is 4.42 Å². The van der Waals surface area contributed by atoms with Crippen LogP contribution in [0.3, 0.4) is 0 Å². The first-order valence-corrected chi connectivity index (χ1v) is 10.9. The van der Waals surface area contributed by atoms with Gasteiger partial charge in [-0.05, 0) is 37.3 Å². The van der Waals surface area contributed by atoms with Crippen LogP contribution in [0.1, 0.15) is 33.1 Å². The van der Waals surface area contributed by atoms with Gasteiger partial charge in [0, 0.05) is 24.0 Å². The van der Waals surface area contributed by atoms with Crippen LogP contribution in [0.2, 0.25) is 0 Å². The van der Waals surface area contributed by atoms with Gasteiger partial charge in [-0.25, -0.2) is 4.98 Å². The average Bonchev–Trinajstić information content (AvgIpc) is 3.44. The smallest absolute Gasteiger partial charge is 0.257 e. The number of thiophene rings is 1. The van der Waals surface area contributed by atoms with E-state index in [1.807, 2.05) is 29.3 Å². The molecule has 146 valence electrons. The zero-order valence-electron chi connectivity index (χ0n) is 15.5. The zero-order valence-corrected chi connectivity index (χ0v) is 17.1. The minimum absolute atomic E-state index is 0.0146. The van der Waals surface area contributed by atoms with Gasteiger partial charge in [0.15, 0.2) is 0 Å². The van der Waals surface area contributed by atoms with Gasteiger partial charge in [-0.15, -0.1) is 22.7 Å². The molecule has 1 fully saturated rings. The van der Waals surface area contributed by atoms with Crippen LogP contribution in [0.25, 0.3) is 10.6 Å². The van der Waals surface area contributed by atoms with Gasteiger partial charge in [0.25, 0.3) is 5.91 Å². The maximum absolute atomic E-state index is 12.6. The Morgan fingerprint density at radius 2 is 2.14 bits per heavy atom. The van der Waals surface area contributed by atoms with E-state index in [0.29, 0.717) is 25.1 Å². The number of hydrogen-bond acceptors (Lipinski definition) is 6. The van der Waals surface area contributed by atoms with E-state index in [0.717, 1.165) is 33.3 Å². The number of nitrogens with zero attached hydrogens (tertiary/aromatic N) is 2. The quantitative estimate of drug-likeness (QED) is 0.689. The van der Waals surface area contributed by atoms with Crippen molar-refractivity contribution in [1.82, 2.24) is 15.2 Å². The standard InChI is InChI=1S/C20H21N3O3S2/c1-13-21-19(16-3-2-10-27-16)17(28-13)11-18(24)22-15-4-7-23(8-5-15)20(25)14-6-9-26-12-14/h2-3,6,9-10,12,15H,4-5,7-8,11H2,1H3,(H,22,24). The molecule has 3 aromatic rings. The summed E-state index contributed by atoms with van der Waals surface area (Å²) < 4.78 is 4.99. The molecular weight excluding hydrogens is 394 g/mol. The Hall–Kier alpha value is -2.45. The summed E-state index contributed by atoms with van der Waals surface area (Å²) in [5, 5.41) is 6.12. The van der Waals surface area contributed by atoms with Gasteiger partial charge in [0.05, 0.1) is 33.8 Å². The number of amides is 2. The third-order valence-electron chi connectivity index (χ3n) is 4.80. The predicted octanol–water partition coefficient (Wildman–Crippen LogP) is 3.74. The number of piperidine rings is 1. The number of carbonyl (C=O) groups excluding carboxylic acids is 2. The van der Waals surface area contributed by atoms with Gasteiger partial charge in [-0.2, -0.15) is 0 Å². The van der Waals surface area contributed by atoms with Crippen LogP contribution in [0.4, 0.5) is 0 Å². The number of furan rings is 1. The van der Waals surface area contributed by atoms with E-state index >= 15 is 0 Å². The van der Waals surface area contributed by atoms with Crippen LogP contribution in [0.15, 0.2) is 40.5 Å². The lowest BCUT2D eigenvalue weighted by Crippen LogP contribution is -2.46. The number of aromatic nitrogens is 1. The second-order valence-corrected chi connectivity index (χ2v) is 9.04. The van der Waals surface area contributed by atoms with Gasteiger partial charge in [0.2, 0.25) is 5.91 Å². The van der Waals surface area contributed by atoms with Crippen LogP contribution >= 0.6 is 22.7 Å². The third kappa shape index (κ3) is 4.18. The van der Waals surface area contributed by atoms with Crippen molar-refractivity contribution in [3.8, 4) is 10.6 Å². The van der Waals surface area contributed by atoms with E-state index in [2.05, 4.69) is 10.3 Å². The van der Waals surface area contributed by atoms with Crippen molar-refractivity contribution in [2.75, 3.05) is 13.1 Å². The molecule has 3 aromatic heterocycles. The normalized spacial score (nSPS) is 15.0. The molecule has 0 aliphatic carbocycles. The van der Waals surface area contributed by atoms with E-state index in [-0.39, 0.29) is 17.9 Å². The summed E-state index contributed by atoms with van der Waals surface area (Å²) in [4.78, 5) is 33.5. The molecule has 1 saturated heterocycles. The Bertz CT molecular complexity index is 940. The van der Waals surface area contributed by atoms with Crippen molar-refractivity contribution >= 4 is 34.5 Å². The molecule has 6 nitrogen and oxygen atoms in total. The highest BCUT2D eigenvalue weighted by atomic mass is 32.1. The van der Waals surface area contributed by atoms with Crippen LogP contribution in [-0.2, 0) is 11.2 Å². The molecule has 0 radical (unpaired) electrons. The van der Waals surface area contributed by atoms with Crippen LogP contribution in [-0.4, -0.2) is 40.8 Å². The number of hydrogen-bond donors (Lipinski definition) is 1. The molecule has 0 atom stereocenters. The van der Waals surface area contributed by atoms with Gasteiger partial charge >= 0.3 is 0 Å². The molecule has 4 heterocycles. The van der Waals surface area contributed by atoms with E-state index in [1.54, 1.807) is 28.7 Å². The molecule has 1 aliphatic heterocycles. The monoisotopic (exact) mass is 415 g/mol. The van der Waals surface area contributed by atoms with Crippen LogP contribution < -0.4 is 5.32 Å². The minimum Gasteiger partial charge on any atom is -0.472 e. The Balaban J connectivity index is 1.32. The van der Waals surface area contributed by atoms with E-state index < -0.39 is 0 Å². The molecule has 0 saturated carbocycles. The van der Waals surface area contributed by atoms with Crippen LogP contribution in [0, 0.1) is 6.92 Å². The SMILES string of the molecule is Cc1nc(-c2cccs2)c(CC(=O)NC2CCN(C(=O)c3ccoc3)CC2)s1. The highest BCUT2D eigenvalue weighted by Crippen LogP contribution is 2.31. The zero-order chi connectivity index (χ0) is 19.5. The summed E-state index contributed by atoms with van der Waals surface area (Å²) in [5.74, 6) is 0.000295. The summed E-state index contributed by atoms with van der Waals surface area (Å²) >= 11 is 3.22. The molecule has 28 heavy (non-hydrogen) atoms. The lowest BCUT2D eigenvalue weighted by Gasteiger charge is -2.32. The van der Waals surface area contributed by atoms with E-state index in [9.17, 15) is 9.59 Å². The fourth-order valence-corrected chi connectivity index (χ4v) is 5.17. The van der Waals surface area contributed by atoms with Crippen LogP contribution in [0.5, 0.6) is 0 Å². The summed E-state index contributed by atoms with van der Waals surface area (Å²) in [6.45, 7) is 3.24. The maximum atomic E-state index is 12.6. The van der Waals surface area contributed by atoms with Crippen molar-refractivity contribution in [2.24, 2.45) is 0 Å². The number of carbonyl (C=O) groups is 2. The minimum atomic E-state index is -0.0146. The van der Waals surface area contributed by atoms with Crippen molar-refractivity contribution in [1.29, 1.82) is 0 Å². The number of likely N-dealkylation sites (tertiary alicyclic amines) is 1.